The molecule has 2 saturated heterocycles. The van der Waals surface area contributed by atoms with Gasteiger partial charge in [0.15, 0.2) is 0 Å². The minimum absolute atomic E-state index is 0.0127. The van der Waals surface area contributed by atoms with E-state index in [1.807, 2.05) is 0 Å². The summed E-state index contributed by atoms with van der Waals surface area (Å²) in [7, 11) is 0. The lowest BCUT2D eigenvalue weighted by Gasteiger charge is -2.26. The number of ether oxygens (including phenoxy) is 1. The van der Waals surface area contributed by atoms with Crippen molar-refractivity contribution >= 4 is 52.2 Å². The van der Waals surface area contributed by atoms with E-state index in [1.165, 1.54) is 29.2 Å². The fraction of sp³-hybridized carbons (Fsp3) is 0.414. The van der Waals surface area contributed by atoms with Gasteiger partial charge in [-0.1, -0.05) is 30.0 Å². The molecule has 1 aromatic carbocycles. The molecule has 4 rings (SSSR count). The third-order valence-corrected chi connectivity index (χ3v) is 8.28. The number of esters is 1. The summed E-state index contributed by atoms with van der Waals surface area (Å²) in [6.07, 6.45) is -8.84. The van der Waals surface area contributed by atoms with Crippen LogP contribution in [0.2, 0.25) is 0 Å². The maximum atomic E-state index is 13.3. The summed E-state index contributed by atoms with van der Waals surface area (Å²) in [5.41, 5.74) is -3.42. The predicted molar refractivity (Wildman–Crippen MR) is 162 cm³/mol. The van der Waals surface area contributed by atoms with E-state index in [4.69, 9.17) is 17.0 Å². The zero-order valence-corrected chi connectivity index (χ0v) is 25.8. The lowest BCUT2D eigenvalue weighted by atomic mass is 10.0. The minimum Gasteiger partial charge on any atom is -0.464 e. The number of rotatable bonds is 11. The van der Waals surface area contributed by atoms with Crippen molar-refractivity contribution in [3.05, 3.63) is 58.1 Å². The van der Waals surface area contributed by atoms with Crippen molar-refractivity contribution in [1.82, 2.24) is 25.4 Å². The standard InChI is InChI=1S/C29H29F6N5O4S2/c30-28(31,32)19-14-18(15-20(16-19)29(33,34)35)22-3-1-2-21(38-22)17-23-26(43)40(27(45)46-23)9-5-24(41)37-6-4-25(42)44-13-12-39-10-7-36-8-11-39/h1-3,14-17,36H,4-13H2,(H,37,41)/b23-17-. The van der Waals surface area contributed by atoms with E-state index in [0.29, 0.717) is 18.7 Å². The molecule has 0 atom stereocenters. The molecule has 1 aromatic heterocycles. The van der Waals surface area contributed by atoms with Crippen molar-refractivity contribution in [2.75, 3.05) is 52.4 Å². The van der Waals surface area contributed by atoms with Gasteiger partial charge in [-0.2, -0.15) is 26.3 Å². The molecule has 2 aliphatic rings. The minimum atomic E-state index is -5.02. The fourth-order valence-electron chi connectivity index (χ4n) is 4.52. The van der Waals surface area contributed by atoms with Crippen LogP contribution in [0.3, 0.4) is 0 Å². The van der Waals surface area contributed by atoms with Gasteiger partial charge in [-0.25, -0.2) is 4.98 Å². The van der Waals surface area contributed by atoms with E-state index in [1.54, 1.807) is 0 Å². The van der Waals surface area contributed by atoms with Crippen LogP contribution in [0.4, 0.5) is 26.3 Å². The number of hydrogen-bond acceptors (Lipinski definition) is 9. The number of thioether (sulfide) groups is 1. The van der Waals surface area contributed by atoms with Crippen LogP contribution in [0.15, 0.2) is 41.3 Å². The van der Waals surface area contributed by atoms with Gasteiger partial charge in [0.1, 0.15) is 10.9 Å². The number of pyridine rings is 1. The number of carbonyl (C=O) groups excluding carboxylic acids is 3. The number of nitrogens with zero attached hydrogens (tertiary/aromatic N) is 3. The third-order valence-electron chi connectivity index (χ3n) is 6.90. The Balaban J connectivity index is 1.30. The van der Waals surface area contributed by atoms with Crippen molar-refractivity contribution in [1.29, 1.82) is 0 Å². The zero-order valence-electron chi connectivity index (χ0n) is 24.2. The molecule has 2 N–H and O–H groups in total. The second-order valence-electron chi connectivity index (χ2n) is 10.2. The van der Waals surface area contributed by atoms with E-state index in [-0.39, 0.29) is 59.2 Å². The van der Waals surface area contributed by atoms with Crippen molar-refractivity contribution < 1.29 is 45.5 Å². The molecule has 248 valence electrons. The Morgan fingerprint density at radius 1 is 1.02 bits per heavy atom. The molecular weight excluding hydrogens is 660 g/mol. The summed E-state index contributed by atoms with van der Waals surface area (Å²) in [5, 5.41) is 5.83. The highest BCUT2D eigenvalue weighted by Crippen LogP contribution is 2.38. The molecular formula is C29H29F6N5O4S2. The lowest BCUT2D eigenvalue weighted by molar-refractivity contribution is -0.144. The monoisotopic (exact) mass is 689 g/mol. The van der Waals surface area contributed by atoms with Crippen molar-refractivity contribution in [3.63, 3.8) is 0 Å². The average molecular weight is 690 g/mol. The van der Waals surface area contributed by atoms with Crippen molar-refractivity contribution in [3.8, 4) is 11.3 Å². The van der Waals surface area contributed by atoms with Crippen LogP contribution < -0.4 is 10.6 Å². The number of hydrogen-bond donors (Lipinski definition) is 2. The Bertz CT molecular complexity index is 1460. The molecule has 3 heterocycles. The molecule has 9 nitrogen and oxygen atoms in total. The smallest absolute Gasteiger partial charge is 0.416 e. The number of halogens is 6. The first-order valence-corrected chi connectivity index (χ1v) is 15.3. The molecule has 2 aliphatic heterocycles. The maximum Gasteiger partial charge on any atom is 0.416 e. The molecule has 2 fully saturated rings. The number of alkyl halides is 6. The predicted octanol–water partition coefficient (Wildman–Crippen LogP) is 4.33. The average Bonchev–Trinajstić information content (AvgIpc) is 3.26. The highest BCUT2D eigenvalue weighted by Gasteiger charge is 2.37. The SMILES string of the molecule is O=C(CCN1C(=O)/C(=C/c2cccc(-c3cc(C(F)(F)F)cc(C(F)(F)F)c3)n2)SC1=S)NCCC(=O)OCCN1CCNCC1. The molecule has 2 amide bonds. The Labute approximate surface area is 269 Å². The zero-order chi connectivity index (χ0) is 33.5. The number of piperazine rings is 1. The van der Waals surface area contributed by atoms with Gasteiger partial charge < -0.3 is 15.4 Å². The van der Waals surface area contributed by atoms with Crippen molar-refractivity contribution in [2.45, 2.75) is 25.2 Å². The Morgan fingerprint density at radius 3 is 2.35 bits per heavy atom. The van der Waals surface area contributed by atoms with E-state index >= 15 is 0 Å². The highest BCUT2D eigenvalue weighted by atomic mass is 32.2. The van der Waals surface area contributed by atoms with Crippen LogP contribution in [-0.2, 0) is 31.5 Å². The summed E-state index contributed by atoms with van der Waals surface area (Å²) in [6.45, 7) is 4.45. The molecule has 0 saturated carbocycles. The normalized spacial score (nSPS) is 17.1. The summed E-state index contributed by atoms with van der Waals surface area (Å²) >= 11 is 6.18. The highest BCUT2D eigenvalue weighted by molar-refractivity contribution is 8.26. The van der Waals surface area contributed by atoms with E-state index in [9.17, 15) is 40.7 Å². The Hall–Kier alpha value is -3.54. The maximum absolute atomic E-state index is 13.3. The Morgan fingerprint density at radius 2 is 1.70 bits per heavy atom. The van der Waals surface area contributed by atoms with Crippen LogP contribution in [0.25, 0.3) is 17.3 Å². The Kier molecular flexibility index (Phi) is 11.8. The second kappa shape index (κ2) is 15.4. The number of nitrogens with one attached hydrogen (secondary N) is 2. The molecule has 46 heavy (non-hydrogen) atoms. The molecule has 2 aromatic rings. The molecule has 17 heteroatoms. The van der Waals surface area contributed by atoms with Gasteiger partial charge in [-0.05, 0) is 36.4 Å². The van der Waals surface area contributed by atoms with Crippen LogP contribution in [0.1, 0.15) is 29.7 Å². The number of amides is 2. The topological polar surface area (TPSA) is 104 Å². The largest absolute Gasteiger partial charge is 0.464 e. The summed E-state index contributed by atoms with van der Waals surface area (Å²) in [4.78, 5) is 44.9. The fourth-order valence-corrected chi connectivity index (χ4v) is 5.82. The number of thiocarbonyl (C=S) groups is 1. The van der Waals surface area contributed by atoms with Gasteiger partial charge in [-0.3, -0.25) is 24.2 Å². The number of carbonyl (C=O) groups is 3. The van der Waals surface area contributed by atoms with Crippen LogP contribution in [0.5, 0.6) is 0 Å². The van der Waals surface area contributed by atoms with E-state index in [2.05, 4.69) is 20.5 Å². The summed E-state index contributed by atoms with van der Waals surface area (Å²) < 4.78 is 85.3. The van der Waals surface area contributed by atoms with Gasteiger partial charge in [0.25, 0.3) is 5.91 Å². The lowest BCUT2D eigenvalue weighted by Crippen LogP contribution is -2.44. The summed E-state index contributed by atoms with van der Waals surface area (Å²) in [6, 6.07) is 5.24. The first-order valence-electron chi connectivity index (χ1n) is 14.1. The second-order valence-corrected chi connectivity index (χ2v) is 11.9. The van der Waals surface area contributed by atoms with Gasteiger partial charge in [0, 0.05) is 57.8 Å². The summed E-state index contributed by atoms with van der Waals surface area (Å²) in [5.74, 6) is -1.40. The first-order chi connectivity index (χ1) is 21.7. The molecule has 0 unspecified atom stereocenters. The van der Waals surface area contributed by atoms with Gasteiger partial charge in [0.2, 0.25) is 5.91 Å². The van der Waals surface area contributed by atoms with E-state index in [0.717, 1.165) is 37.9 Å². The van der Waals surface area contributed by atoms with Gasteiger partial charge in [0.05, 0.1) is 33.8 Å². The molecule has 0 radical (unpaired) electrons. The van der Waals surface area contributed by atoms with Crippen LogP contribution >= 0.6 is 24.0 Å². The van der Waals surface area contributed by atoms with Crippen LogP contribution in [0, 0.1) is 0 Å². The first kappa shape index (κ1) is 35.3. The van der Waals surface area contributed by atoms with E-state index < -0.39 is 46.8 Å². The van der Waals surface area contributed by atoms with Crippen LogP contribution in [-0.4, -0.2) is 89.3 Å². The number of benzene rings is 1. The molecule has 0 aliphatic carbocycles. The third kappa shape index (κ3) is 9.98. The van der Waals surface area contributed by atoms with Gasteiger partial charge in [-0.15, -0.1) is 0 Å². The van der Waals surface area contributed by atoms with Gasteiger partial charge >= 0.3 is 18.3 Å². The molecule has 0 spiro atoms. The quantitative estimate of drug-likeness (QED) is 0.155. The van der Waals surface area contributed by atoms with Crippen molar-refractivity contribution in [2.24, 2.45) is 0 Å². The number of aromatic nitrogens is 1. The molecule has 0 bridgehead atoms.